The molecule has 1 atom stereocenters. The van der Waals surface area contributed by atoms with Crippen LogP contribution in [0.2, 0.25) is 0 Å². The Morgan fingerprint density at radius 3 is 2.37 bits per heavy atom. The maximum Gasteiger partial charge on any atom is 0.280 e. The molecule has 1 saturated heterocycles. The van der Waals surface area contributed by atoms with E-state index in [0.29, 0.717) is 18.7 Å². The monoisotopic (exact) mass is 288 g/mol. The van der Waals surface area contributed by atoms with E-state index in [1.165, 1.54) is 28.6 Å². The minimum atomic E-state index is -3.60. The molecule has 0 radical (unpaired) electrons. The Balaban J connectivity index is 2.12. The van der Waals surface area contributed by atoms with Gasteiger partial charge in [-0.25, -0.2) is 4.39 Å². The molecule has 1 aromatic rings. The molecular formula is C12H17FN2O3S. The van der Waals surface area contributed by atoms with Crippen LogP contribution >= 0.6 is 0 Å². The van der Waals surface area contributed by atoms with Crippen LogP contribution in [0.4, 0.5) is 4.39 Å². The van der Waals surface area contributed by atoms with Crippen molar-refractivity contribution < 1.29 is 17.9 Å². The molecule has 2 rings (SSSR count). The maximum absolute atomic E-state index is 12.8. The van der Waals surface area contributed by atoms with Gasteiger partial charge in [0.2, 0.25) is 0 Å². The summed E-state index contributed by atoms with van der Waals surface area (Å²) in [6.07, 6.45) is 1.70. The van der Waals surface area contributed by atoms with Gasteiger partial charge in [0.1, 0.15) is 5.82 Å². The Kier molecular flexibility index (Phi) is 4.51. The molecule has 2 N–H and O–H groups in total. The lowest BCUT2D eigenvalue weighted by molar-refractivity contribution is 0.256. The molecule has 0 aromatic heterocycles. The van der Waals surface area contributed by atoms with Crippen LogP contribution in [0.1, 0.15) is 24.4 Å². The molecule has 5 nitrogen and oxygen atoms in total. The molecule has 1 aliphatic rings. The smallest absolute Gasteiger partial charge is 0.280 e. The van der Waals surface area contributed by atoms with Crippen LogP contribution in [0, 0.1) is 5.82 Å². The first kappa shape index (κ1) is 14.4. The number of hydrogen-bond donors (Lipinski definition) is 2. The van der Waals surface area contributed by atoms with Gasteiger partial charge in [-0.1, -0.05) is 12.1 Å². The summed E-state index contributed by atoms with van der Waals surface area (Å²) in [5, 5.41) is 9.32. The van der Waals surface area contributed by atoms with Crippen LogP contribution in [-0.4, -0.2) is 37.5 Å². The lowest BCUT2D eigenvalue weighted by atomic mass is 10.1. The number of benzene rings is 1. The predicted octanol–water partition coefficient (Wildman–Crippen LogP) is 0.789. The standard InChI is InChI=1S/C12H17FN2O3S/c13-11-5-3-10(4-6-11)12(9-16)14-19(17,18)15-7-1-2-8-15/h3-6,12,14,16H,1-2,7-9H2/t12-/m0/s1. The zero-order valence-electron chi connectivity index (χ0n) is 10.4. The lowest BCUT2D eigenvalue weighted by Gasteiger charge is -2.21. The highest BCUT2D eigenvalue weighted by Gasteiger charge is 2.28. The first-order chi connectivity index (χ1) is 9.03. The fourth-order valence-electron chi connectivity index (χ4n) is 2.09. The maximum atomic E-state index is 12.8. The van der Waals surface area contributed by atoms with Crippen molar-refractivity contribution in [2.75, 3.05) is 19.7 Å². The van der Waals surface area contributed by atoms with E-state index in [9.17, 15) is 17.9 Å². The van der Waals surface area contributed by atoms with Crippen LogP contribution in [0.5, 0.6) is 0 Å². The molecule has 1 heterocycles. The third-order valence-electron chi connectivity index (χ3n) is 3.15. The average molecular weight is 288 g/mol. The van der Waals surface area contributed by atoms with Gasteiger partial charge in [-0.3, -0.25) is 0 Å². The van der Waals surface area contributed by atoms with Gasteiger partial charge < -0.3 is 5.11 Å². The molecule has 19 heavy (non-hydrogen) atoms. The molecule has 1 fully saturated rings. The SMILES string of the molecule is O=S(=O)(N[C@@H](CO)c1ccc(F)cc1)N1CCCC1. The summed E-state index contributed by atoms with van der Waals surface area (Å²) in [6, 6.07) is 4.64. The van der Waals surface area contributed by atoms with E-state index in [-0.39, 0.29) is 6.61 Å². The molecule has 106 valence electrons. The summed E-state index contributed by atoms with van der Waals surface area (Å²) in [5.41, 5.74) is 0.534. The molecule has 0 amide bonds. The van der Waals surface area contributed by atoms with Gasteiger partial charge >= 0.3 is 0 Å². The highest BCUT2D eigenvalue weighted by Crippen LogP contribution is 2.17. The van der Waals surface area contributed by atoms with E-state index in [0.717, 1.165) is 12.8 Å². The van der Waals surface area contributed by atoms with Crippen molar-refractivity contribution in [2.45, 2.75) is 18.9 Å². The van der Waals surface area contributed by atoms with Gasteiger partial charge in [-0.2, -0.15) is 17.4 Å². The summed E-state index contributed by atoms with van der Waals surface area (Å²) in [7, 11) is -3.60. The predicted molar refractivity (Wildman–Crippen MR) is 69.1 cm³/mol. The minimum absolute atomic E-state index is 0.376. The van der Waals surface area contributed by atoms with Gasteiger partial charge in [0, 0.05) is 13.1 Å². The Labute approximate surface area is 112 Å². The largest absolute Gasteiger partial charge is 0.394 e. The molecule has 0 aliphatic carbocycles. The highest BCUT2D eigenvalue weighted by atomic mass is 32.2. The molecule has 0 bridgehead atoms. The average Bonchev–Trinajstić information content (AvgIpc) is 2.92. The van der Waals surface area contributed by atoms with E-state index < -0.39 is 22.1 Å². The molecule has 0 saturated carbocycles. The van der Waals surface area contributed by atoms with Crippen molar-refractivity contribution in [1.29, 1.82) is 0 Å². The van der Waals surface area contributed by atoms with Crippen LogP contribution in [-0.2, 0) is 10.2 Å². The minimum Gasteiger partial charge on any atom is -0.394 e. The Bertz CT molecular complexity index is 512. The van der Waals surface area contributed by atoms with E-state index in [1.54, 1.807) is 0 Å². The number of nitrogens with zero attached hydrogens (tertiary/aromatic N) is 1. The summed E-state index contributed by atoms with van der Waals surface area (Å²) in [5.74, 6) is -0.400. The van der Waals surface area contributed by atoms with E-state index in [4.69, 9.17) is 0 Å². The van der Waals surface area contributed by atoms with Gasteiger partial charge in [-0.05, 0) is 30.5 Å². The molecule has 7 heteroatoms. The number of rotatable bonds is 5. The normalized spacial score (nSPS) is 18.6. The van der Waals surface area contributed by atoms with Crippen molar-refractivity contribution in [2.24, 2.45) is 0 Å². The number of halogens is 1. The topological polar surface area (TPSA) is 69.6 Å². The number of aliphatic hydroxyl groups excluding tert-OH is 1. The zero-order chi connectivity index (χ0) is 13.9. The fraction of sp³-hybridized carbons (Fsp3) is 0.500. The van der Waals surface area contributed by atoms with Crippen LogP contribution < -0.4 is 4.72 Å². The Morgan fingerprint density at radius 1 is 1.26 bits per heavy atom. The summed E-state index contributed by atoms with van der Waals surface area (Å²) >= 11 is 0. The van der Waals surface area contributed by atoms with E-state index in [1.807, 2.05) is 0 Å². The molecular weight excluding hydrogens is 271 g/mol. The van der Waals surface area contributed by atoms with Crippen LogP contribution in [0.15, 0.2) is 24.3 Å². The summed E-state index contributed by atoms with van der Waals surface area (Å²) in [6.45, 7) is 0.618. The quantitative estimate of drug-likeness (QED) is 0.841. The Hall–Kier alpha value is -1.02. The van der Waals surface area contributed by atoms with Gasteiger partial charge in [0.25, 0.3) is 10.2 Å². The van der Waals surface area contributed by atoms with Gasteiger partial charge in [0.05, 0.1) is 12.6 Å². The number of hydrogen-bond acceptors (Lipinski definition) is 3. The van der Waals surface area contributed by atoms with E-state index >= 15 is 0 Å². The second-order valence-corrected chi connectivity index (χ2v) is 6.22. The third kappa shape index (κ3) is 3.50. The number of aliphatic hydroxyl groups is 1. The fourth-order valence-corrected chi connectivity index (χ4v) is 3.55. The molecule has 1 aliphatic heterocycles. The highest BCUT2D eigenvalue weighted by molar-refractivity contribution is 7.87. The van der Waals surface area contributed by atoms with Gasteiger partial charge in [0.15, 0.2) is 0 Å². The molecule has 0 unspecified atom stereocenters. The Morgan fingerprint density at radius 2 is 1.84 bits per heavy atom. The van der Waals surface area contributed by atoms with Crippen LogP contribution in [0.3, 0.4) is 0 Å². The van der Waals surface area contributed by atoms with Crippen molar-refractivity contribution in [3.05, 3.63) is 35.6 Å². The molecule has 0 spiro atoms. The summed E-state index contributed by atoms with van der Waals surface area (Å²) in [4.78, 5) is 0. The second-order valence-electron chi connectivity index (χ2n) is 4.52. The van der Waals surface area contributed by atoms with Gasteiger partial charge in [-0.15, -0.1) is 0 Å². The summed E-state index contributed by atoms with van der Waals surface area (Å²) < 4.78 is 40.8. The third-order valence-corrected chi connectivity index (χ3v) is 4.78. The van der Waals surface area contributed by atoms with Crippen molar-refractivity contribution in [3.8, 4) is 0 Å². The first-order valence-electron chi connectivity index (χ1n) is 6.16. The molecule has 1 aromatic carbocycles. The van der Waals surface area contributed by atoms with Crippen molar-refractivity contribution in [1.82, 2.24) is 9.03 Å². The van der Waals surface area contributed by atoms with Crippen molar-refractivity contribution >= 4 is 10.2 Å². The van der Waals surface area contributed by atoms with Crippen LogP contribution in [0.25, 0.3) is 0 Å². The van der Waals surface area contributed by atoms with Crippen molar-refractivity contribution in [3.63, 3.8) is 0 Å². The first-order valence-corrected chi connectivity index (χ1v) is 7.60. The second kappa shape index (κ2) is 5.96. The number of nitrogens with one attached hydrogen (secondary N) is 1. The lowest BCUT2D eigenvalue weighted by Crippen LogP contribution is -2.41. The van der Waals surface area contributed by atoms with E-state index in [2.05, 4.69) is 4.72 Å². The zero-order valence-corrected chi connectivity index (χ0v) is 11.2.